The van der Waals surface area contributed by atoms with Gasteiger partial charge in [0.1, 0.15) is 0 Å². The van der Waals surface area contributed by atoms with E-state index in [2.05, 4.69) is 32.4 Å². The second-order valence-corrected chi connectivity index (χ2v) is 8.17. The molecule has 1 unspecified atom stereocenters. The SMILES string of the molecule is CN1CCN([13CH2][13CH]2[13CH2][13CH2][13CH2]N2C[13C](=O)[15NH][13CH2][13CH2][13CH2][13C](=O)[15NH]CC[13CH2][13C](=O)O)CC1. The summed E-state index contributed by atoms with van der Waals surface area (Å²) in [5.74, 6) is -0.931. The summed E-state index contributed by atoms with van der Waals surface area (Å²) in [6.07, 6.45) is 3.71. The third-order valence-corrected chi connectivity index (χ3v) is 5.70. The van der Waals surface area contributed by atoms with Crippen LogP contribution in [0.25, 0.3) is 0 Å². The van der Waals surface area contributed by atoms with E-state index in [1.807, 2.05) is 0 Å². The molecule has 2 amide bonds. The highest BCUT2D eigenvalue weighted by Crippen LogP contribution is 2.18. The number of carboxylic acids is 1. The van der Waals surface area contributed by atoms with E-state index in [0.717, 1.165) is 52.1 Å². The highest BCUT2D eigenvalue weighted by Gasteiger charge is 2.28. The maximum atomic E-state index is 12.3. The third kappa shape index (κ3) is 9.56. The summed E-state index contributed by atoms with van der Waals surface area (Å²) in [6.45, 7) is 7.74. The quantitative estimate of drug-likeness (QED) is 0.222. The lowest BCUT2D eigenvalue weighted by Gasteiger charge is -2.36. The van der Waals surface area contributed by atoms with E-state index in [-0.39, 0.29) is 18.2 Å². The van der Waals surface area contributed by atoms with Crippen molar-refractivity contribution in [2.75, 3.05) is 66.0 Å². The van der Waals surface area contributed by atoms with Crippen LogP contribution >= 0.6 is 0 Å². The average Bonchev–Trinajstić information content (AvgIpc) is 3.10. The molecular weight excluding hydrogens is 388 g/mol. The van der Waals surface area contributed by atoms with Gasteiger partial charge in [0.05, 0.1) is 6.54 Å². The predicted octanol–water partition coefficient (Wildman–Crippen LogP) is -0.424. The van der Waals surface area contributed by atoms with E-state index in [1.165, 1.54) is 0 Å². The van der Waals surface area contributed by atoms with Crippen LogP contribution in [0.4, 0.5) is 0 Å². The van der Waals surface area contributed by atoms with E-state index >= 15 is 0 Å². The van der Waals surface area contributed by atoms with Crippen molar-refractivity contribution in [1.29, 1.82) is 0 Å². The fourth-order valence-corrected chi connectivity index (χ4v) is 3.91. The van der Waals surface area contributed by atoms with Gasteiger partial charge in [-0.3, -0.25) is 24.2 Å². The van der Waals surface area contributed by atoms with Gasteiger partial charge in [0, 0.05) is 64.7 Å². The number of hydrogen-bond donors (Lipinski definition) is 3. The van der Waals surface area contributed by atoms with Crippen LogP contribution in [-0.2, 0) is 14.4 Å². The van der Waals surface area contributed by atoms with Crippen molar-refractivity contribution in [2.45, 2.75) is 44.6 Å². The van der Waals surface area contributed by atoms with Gasteiger partial charge >= 0.3 is 5.97 Å². The maximum absolute atomic E-state index is 12.3. The zero-order valence-electron chi connectivity index (χ0n) is 17.7. The molecule has 9 heteroatoms. The molecule has 2 heterocycles. The highest BCUT2D eigenvalue weighted by atomic mass is 16.5. The van der Waals surface area contributed by atoms with Gasteiger partial charge in [0.15, 0.2) is 0 Å². The first-order valence-electron chi connectivity index (χ1n) is 10.8. The normalized spacial score (nSPS) is 21.2. The number of hydrogen-bond acceptors (Lipinski definition) is 6. The van der Waals surface area contributed by atoms with E-state index in [0.29, 0.717) is 44.9 Å². The number of likely N-dealkylation sites (tertiary alicyclic amines) is 1. The van der Waals surface area contributed by atoms with Crippen molar-refractivity contribution in [3.05, 3.63) is 0 Å². The van der Waals surface area contributed by atoms with Crippen molar-refractivity contribution >= 4 is 17.8 Å². The molecule has 0 bridgehead atoms. The van der Waals surface area contributed by atoms with Gasteiger partial charge in [0.25, 0.3) is 0 Å². The maximum Gasteiger partial charge on any atom is 0.303 e. The molecule has 166 valence electrons. The molecule has 2 aliphatic rings. The second kappa shape index (κ2) is 12.8. The number of nitrogens with one attached hydrogen (secondary N) is 2. The first-order chi connectivity index (χ1) is 13.9. The van der Waals surface area contributed by atoms with Gasteiger partial charge < -0.3 is 20.6 Å². The summed E-state index contributed by atoms with van der Waals surface area (Å²) in [4.78, 5) is 41.5. The number of amides is 2. The number of aliphatic carboxylic acids is 1. The number of rotatable bonds is 12. The van der Waals surface area contributed by atoms with Crippen molar-refractivity contribution < 1.29 is 19.5 Å². The molecule has 2 rings (SSSR count). The monoisotopic (exact) mass is 425 g/mol. The van der Waals surface area contributed by atoms with Crippen LogP contribution in [0.2, 0.25) is 0 Å². The van der Waals surface area contributed by atoms with Crippen LogP contribution < -0.4 is 10.6 Å². The number of carboxylic acid groups (broad SMARTS) is 1. The van der Waals surface area contributed by atoms with Crippen molar-refractivity contribution in [3.63, 3.8) is 0 Å². The number of nitrogens with zero attached hydrogens (tertiary/aromatic N) is 3. The Morgan fingerprint density at radius 2 is 1.59 bits per heavy atom. The van der Waals surface area contributed by atoms with Crippen molar-refractivity contribution in [2.24, 2.45) is 0 Å². The molecule has 0 aromatic rings. The van der Waals surface area contributed by atoms with Crippen molar-refractivity contribution in [1.82, 2.24) is 25.3 Å². The van der Waals surface area contributed by atoms with Gasteiger partial charge in [-0.15, -0.1) is 0 Å². The Bertz CT molecular complexity index is 537. The molecular formula is C20H37N5O4. The number of likely N-dealkylation sites (N-methyl/N-ethyl adjacent to an activating group) is 1. The molecule has 1 atom stereocenters. The zero-order valence-corrected chi connectivity index (χ0v) is 17.7. The Labute approximate surface area is 173 Å². The predicted molar refractivity (Wildman–Crippen MR) is 111 cm³/mol. The number of piperazine rings is 1. The molecule has 0 spiro atoms. The molecule has 2 aliphatic heterocycles. The Kier molecular flexibility index (Phi) is 10.4. The van der Waals surface area contributed by atoms with Crippen LogP contribution in [0.15, 0.2) is 0 Å². The molecule has 3 N–H and O–H groups in total. The minimum Gasteiger partial charge on any atom is -0.481 e. The van der Waals surface area contributed by atoms with Gasteiger partial charge in [0.2, 0.25) is 11.8 Å². The summed E-state index contributed by atoms with van der Waals surface area (Å²) in [7, 11) is 2.16. The van der Waals surface area contributed by atoms with Crippen LogP contribution in [-0.4, -0.2) is 110 Å². The Balaban J connectivity index is 1.55. The molecule has 29 heavy (non-hydrogen) atoms. The van der Waals surface area contributed by atoms with Gasteiger partial charge in [-0.25, -0.2) is 0 Å². The lowest BCUT2D eigenvalue weighted by Crippen LogP contribution is -2.50. The molecule has 0 aliphatic carbocycles. The van der Waals surface area contributed by atoms with Crippen LogP contribution in [0, 0.1) is 0 Å². The van der Waals surface area contributed by atoms with E-state index in [9.17, 15) is 14.4 Å². The first-order valence-corrected chi connectivity index (χ1v) is 10.8. The molecule has 2 fully saturated rings. The molecule has 0 saturated carbocycles. The lowest BCUT2D eigenvalue weighted by atomic mass is 10.4. The molecule has 9 nitrogen and oxygen atoms in total. The van der Waals surface area contributed by atoms with E-state index in [1.54, 1.807) is 0 Å². The van der Waals surface area contributed by atoms with Crippen molar-refractivity contribution in [3.8, 4) is 0 Å². The Morgan fingerprint density at radius 3 is 2.28 bits per heavy atom. The summed E-state index contributed by atoms with van der Waals surface area (Å²) in [5.41, 5.74) is 0. The number of carbonyl (C=O) groups excluding carboxylic acids is 2. The van der Waals surface area contributed by atoms with Gasteiger partial charge in [-0.1, -0.05) is 0 Å². The zero-order chi connectivity index (χ0) is 21.1. The standard InChI is InChI=1S/C20H37N5O4/c1-23-11-13-24(14-12-23)15-17-5-4-10-25(17)16-19(27)22-8-2-6-18(26)21-9-3-7-20(28)29/h17H,2-16H2,1H3,(H,21,26)(H,22,27)(H,28,29)/i2+1,4+1,5+1,6+1,7+1,8+1,10+1,15+1,17+1,18+1,19+1,20+1,21+1,22+1. The summed E-state index contributed by atoms with van der Waals surface area (Å²) >= 11 is 0. The summed E-state index contributed by atoms with van der Waals surface area (Å²) < 4.78 is 0. The Morgan fingerprint density at radius 1 is 0.931 bits per heavy atom. The largest absolute Gasteiger partial charge is 0.481 e. The van der Waals surface area contributed by atoms with E-state index < -0.39 is 5.97 Å². The van der Waals surface area contributed by atoms with Gasteiger partial charge in [-0.2, -0.15) is 0 Å². The van der Waals surface area contributed by atoms with Crippen LogP contribution in [0.5, 0.6) is 0 Å². The fourth-order valence-electron chi connectivity index (χ4n) is 3.91. The smallest absolute Gasteiger partial charge is 0.303 e. The van der Waals surface area contributed by atoms with E-state index in [4.69, 9.17) is 5.11 Å². The Hall–Kier alpha value is -1.71. The summed E-state index contributed by atoms with van der Waals surface area (Å²) in [6, 6.07) is 0.459. The average molecular weight is 425 g/mol. The third-order valence-electron chi connectivity index (χ3n) is 5.70. The number of carbonyl (C=O) groups is 3. The minimum absolute atomic E-state index is 0.0251. The fraction of sp³-hybridized carbons (Fsp3) is 0.850. The molecule has 0 aromatic heterocycles. The van der Waals surface area contributed by atoms with Crippen LogP contribution in [0.1, 0.15) is 38.5 Å². The lowest BCUT2D eigenvalue weighted by molar-refractivity contribution is -0.137. The molecule has 0 aromatic carbocycles. The topological polar surface area (TPSA) is 105 Å². The van der Waals surface area contributed by atoms with Gasteiger partial charge in [-0.05, 0) is 39.3 Å². The minimum atomic E-state index is -0.856. The summed E-state index contributed by atoms with van der Waals surface area (Å²) in [5, 5.41) is 14.2. The second-order valence-electron chi connectivity index (χ2n) is 8.17. The first kappa shape index (κ1) is 23.6. The molecule has 0 radical (unpaired) electrons. The molecule has 2 saturated heterocycles. The van der Waals surface area contributed by atoms with Crippen LogP contribution in [0.3, 0.4) is 0 Å². The highest BCUT2D eigenvalue weighted by molar-refractivity contribution is 5.78.